The standard InChI is InChI=1S/C38H30N4/c1-5-13-27(14-6-1)33-25-26-34(39-35(33)29-15-7-2-8-16-29)28-21-23-32(24-22-28)38-41-36(30-17-9-3-10-18-30)40-37(42-38)31-19-11-4-12-20-31/h1,3-7,9-15,17-26,29H,2,8,16H2. The average Bonchev–Trinajstić information content (AvgIpc) is 3.09. The molecule has 202 valence electrons. The Balaban J connectivity index is 1.27. The van der Waals surface area contributed by atoms with Gasteiger partial charge in [-0.05, 0) is 30.9 Å². The quantitative estimate of drug-likeness (QED) is 0.197. The van der Waals surface area contributed by atoms with Gasteiger partial charge in [-0.2, -0.15) is 0 Å². The molecule has 0 fully saturated rings. The maximum Gasteiger partial charge on any atom is 0.164 e. The third-order valence-electron chi connectivity index (χ3n) is 7.75. The maximum absolute atomic E-state index is 5.26. The molecule has 4 aromatic carbocycles. The van der Waals surface area contributed by atoms with Gasteiger partial charge in [-0.1, -0.05) is 133 Å². The van der Waals surface area contributed by atoms with Crippen LogP contribution in [0.25, 0.3) is 56.5 Å². The Morgan fingerprint density at radius 2 is 0.952 bits per heavy atom. The van der Waals surface area contributed by atoms with Crippen LogP contribution in [0.15, 0.2) is 140 Å². The van der Waals surface area contributed by atoms with Crippen LogP contribution in [0.3, 0.4) is 0 Å². The number of nitrogens with zero attached hydrogens (tertiary/aromatic N) is 4. The van der Waals surface area contributed by atoms with E-state index >= 15 is 0 Å². The van der Waals surface area contributed by atoms with Crippen molar-refractivity contribution in [3.8, 4) is 56.5 Å². The minimum atomic E-state index is 0.325. The zero-order chi connectivity index (χ0) is 28.1. The Labute approximate surface area is 246 Å². The lowest BCUT2D eigenvalue weighted by Gasteiger charge is -2.20. The van der Waals surface area contributed by atoms with Gasteiger partial charge in [0.05, 0.1) is 11.4 Å². The number of hydrogen-bond donors (Lipinski definition) is 0. The van der Waals surface area contributed by atoms with Gasteiger partial charge < -0.3 is 0 Å². The predicted molar refractivity (Wildman–Crippen MR) is 171 cm³/mol. The Kier molecular flexibility index (Phi) is 7.18. The second-order valence-electron chi connectivity index (χ2n) is 10.6. The van der Waals surface area contributed by atoms with Crippen LogP contribution in [0.5, 0.6) is 0 Å². The molecule has 2 heterocycles. The van der Waals surface area contributed by atoms with Gasteiger partial charge in [0.15, 0.2) is 17.5 Å². The van der Waals surface area contributed by atoms with Gasteiger partial charge in [0.25, 0.3) is 0 Å². The molecule has 1 aliphatic carbocycles. The van der Waals surface area contributed by atoms with Crippen LogP contribution in [-0.4, -0.2) is 19.9 Å². The van der Waals surface area contributed by atoms with Crippen LogP contribution in [-0.2, 0) is 0 Å². The molecule has 0 radical (unpaired) electrons. The second kappa shape index (κ2) is 11.7. The highest BCUT2D eigenvalue weighted by molar-refractivity contribution is 5.73. The summed E-state index contributed by atoms with van der Waals surface area (Å²) in [6.07, 6.45) is 8.10. The van der Waals surface area contributed by atoms with Crippen LogP contribution >= 0.6 is 0 Å². The highest BCUT2D eigenvalue weighted by Crippen LogP contribution is 2.36. The van der Waals surface area contributed by atoms with E-state index in [-0.39, 0.29) is 0 Å². The van der Waals surface area contributed by atoms with Crippen molar-refractivity contribution in [1.82, 2.24) is 19.9 Å². The van der Waals surface area contributed by atoms with Crippen LogP contribution in [0.4, 0.5) is 0 Å². The molecule has 1 atom stereocenters. The SMILES string of the molecule is C1=CC(c2nc(-c3ccc(-c4nc(-c5ccccc5)nc(-c5ccccc5)n4)cc3)ccc2-c2ccccc2)CCC1. The van der Waals surface area contributed by atoms with Crippen LogP contribution in [0.2, 0.25) is 0 Å². The summed E-state index contributed by atoms with van der Waals surface area (Å²) in [4.78, 5) is 19.8. The average molecular weight is 543 g/mol. The Bertz CT molecular complexity index is 1770. The molecular formula is C38H30N4. The predicted octanol–water partition coefficient (Wildman–Crippen LogP) is 9.43. The molecule has 0 bridgehead atoms. The Hall–Kier alpha value is -5.22. The number of rotatable bonds is 6. The third kappa shape index (κ3) is 5.39. The minimum absolute atomic E-state index is 0.325. The summed E-state index contributed by atoms with van der Waals surface area (Å²) in [5.74, 6) is 2.29. The number of benzene rings is 4. The van der Waals surface area contributed by atoms with Crippen molar-refractivity contribution in [1.29, 1.82) is 0 Å². The first-order valence-electron chi connectivity index (χ1n) is 14.5. The molecule has 0 N–H and O–H groups in total. The van der Waals surface area contributed by atoms with Gasteiger partial charge in [-0.25, -0.2) is 15.0 Å². The number of pyridine rings is 1. The Morgan fingerprint density at radius 1 is 0.452 bits per heavy atom. The largest absolute Gasteiger partial charge is 0.252 e. The monoisotopic (exact) mass is 542 g/mol. The van der Waals surface area contributed by atoms with Crippen LogP contribution in [0, 0.1) is 0 Å². The van der Waals surface area contributed by atoms with Gasteiger partial charge >= 0.3 is 0 Å². The summed E-state index contributed by atoms with van der Waals surface area (Å²) >= 11 is 0. The van der Waals surface area contributed by atoms with E-state index < -0.39 is 0 Å². The molecule has 2 aromatic heterocycles. The molecule has 4 nitrogen and oxygen atoms in total. The lowest BCUT2D eigenvalue weighted by molar-refractivity contribution is 0.643. The molecule has 42 heavy (non-hydrogen) atoms. The molecule has 0 amide bonds. The van der Waals surface area contributed by atoms with E-state index in [0.717, 1.165) is 46.5 Å². The molecule has 1 aliphatic rings. The first-order valence-corrected chi connectivity index (χ1v) is 14.5. The van der Waals surface area contributed by atoms with Crippen molar-refractivity contribution in [2.24, 2.45) is 0 Å². The second-order valence-corrected chi connectivity index (χ2v) is 10.6. The summed E-state index contributed by atoms with van der Waals surface area (Å²) < 4.78 is 0. The van der Waals surface area contributed by atoms with Gasteiger partial charge in [0.2, 0.25) is 0 Å². The summed E-state index contributed by atoms with van der Waals surface area (Å²) in [5, 5.41) is 0. The van der Waals surface area contributed by atoms with Crippen molar-refractivity contribution in [2.75, 3.05) is 0 Å². The zero-order valence-corrected chi connectivity index (χ0v) is 23.3. The van der Waals surface area contributed by atoms with Crippen LogP contribution in [0.1, 0.15) is 30.9 Å². The van der Waals surface area contributed by atoms with Crippen molar-refractivity contribution < 1.29 is 0 Å². The van der Waals surface area contributed by atoms with Crippen molar-refractivity contribution in [2.45, 2.75) is 25.2 Å². The number of hydrogen-bond acceptors (Lipinski definition) is 4. The van der Waals surface area contributed by atoms with Crippen LogP contribution < -0.4 is 0 Å². The molecular weight excluding hydrogens is 512 g/mol. The van der Waals surface area contributed by atoms with Crippen molar-refractivity contribution in [3.05, 3.63) is 145 Å². The van der Waals surface area contributed by atoms with Gasteiger partial charge in [0, 0.05) is 33.7 Å². The highest BCUT2D eigenvalue weighted by atomic mass is 15.0. The Morgan fingerprint density at radius 3 is 1.48 bits per heavy atom. The maximum atomic E-state index is 5.26. The van der Waals surface area contributed by atoms with Gasteiger partial charge in [-0.15, -0.1) is 0 Å². The summed E-state index contributed by atoms with van der Waals surface area (Å²) in [6, 6.07) is 43.5. The summed E-state index contributed by atoms with van der Waals surface area (Å²) in [5.41, 5.74) is 8.46. The fourth-order valence-electron chi connectivity index (χ4n) is 5.55. The lowest BCUT2D eigenvalue weighted by Crippen LogP contribution is -2.05. The molecule has 6 aromatic rings. The van der Waals surface area contributed by atoms with E-state index in [0.29, 0.717) is 23.4 Å². The fourth-order valence-corrected chi connectivity index (χ4v) is 5.55. The molecule has 0 spiro atoms. The summed E-state index contributed by atoms with van der Waals surface area (Å²) in [7, 11) is 0. The lowest BCUT2D eigenvalue weighted by atomic mass is 9.88. The summed E-state index contributed by atoms with van der Waals surface area (Å²) in [6.45, 7) is 0. The molecule has 0 saturated heterocycles. The highest BCUT2D eigenvalue weighted by Gasteiger charge is 2.19. The normalized spacial score (nSPS) is 14.5. The van der Waals surface area contributed by atoms with E-state index in [1.807, 2.05) is 60.7 Å². The topological polar surface area (TPSA) is 51.6 Å². The molecule has 4 heteroatoms. The van der Waals surface area contributed by atoms with E-state index in [1.54, 1.807) is 0 Å². The zero-order valence-electron chi connectivity index (χ0n) is 23.3. The first-order chi connectivity index (χ1) is 20.8. The molecule has 1 unspecified atom stereocenters. The number of aromatic nitrogens is 4. The van der Waals surface area contributed by atoms with Gasteiger partial charge in [-0.3, -0.25) is 4.98 Å². The van der Waals surface area contributed by atoms with Crippen molar-refractivity contribution in [3.63, 3.8) is 0 Å². The third-order valence-corrected chi connectivity index (χ3v) is 7.75. The smallest absolute Gasteiger partial charge is 0.164 e. The van der Waals surface area contributed by atoms with E-state index in [1.165, 1.54) is 17.5 Å². The molecule has 7 rings (SSSR count). The fraction of sp³-hybridized carbons (Fsp3) is 0.105. The van der Waals surface area contributed by atoms with E-state index in [2.05, 4.69) is 78.9 Å². The molecule has 0 saturated carbocycles. The molecule has 0 aliphatic heterocycles. The van der Waals surface area contributed by atoms with E-state index in [9.17, 15) is 0 Å². The van der Waals surface area contributed by atoms with E-state index in [4.69, 9.17) is 19.9 Å². The van der Waals surface area contributed by atoms with Gasteiger partial charge in [0.1, 0.15) is 0 Å². The van der Waals surface area contributed by atoms with Crippen molar-refractivity contribution >= 4 is 0 Å². The number of allylic oxidation sites excluding steroid dienone is 2. The first kappa shape index (κ1) is 25.7. The minimum Gasteiger partial charge on any atom is -0.252 e.